The third-order valence-electron chi connectivity index (χ3n) is 3.85. The number of thioether (sulfide) groups is 1. The van der Waals surface area contributed by atoms with Crippen LogP contribution in [0.15, 0.2) is 29.4 Å². The lowest BCUT2D eigenvalue weighted by Crippen LogP contribution is -2.10. The van der Waals surface area contributed by atoms with Gasteiger partial charge in [0.2, 0.25) is 5.16 Å². The number of aromatic nitrogens is 4. The molecule has 1 heterocycles. The first kappa shape index (κ1) is 14.4. The minimum Gasteiger partial charge on any atom is -0.384 e. The molecular formula is C15H21N5S. The molecule has 0 radical (unpaired) electrons. The van der Waals surface area contributed by atoms with E-state index in [9.17, 15) is 0 Å². The second-order valence-electron chi connectivity index (χ2n) is 5.49. The molecule has 2 aromatic rings. The predicted molar refractivity (Wildman–Crippen MR) is 85.7 cm³/mol. The van der Waals surface area contributed by atoms with E-state index in [-0.39, 0.29) is 0 Å². The second kappa shape index (κ2) is 6.93. The van der Waals surface area contributed by atoms with Crippen molar-refractivity contribution in [3.63, 3.8) is 0 Å². The number of benzene rings is 1. The van der Waals surface area contributed by atoms with Crippen molar-refractivity contribution in [3.8, 4) is 0 Å². The Kier molecular flexibility index (Phi) is 4.75. The van der Waals surface area contributed by atoms with Crippen LogP contribution in [0.2, 0.25) is 0 Å². The van der Waals surface area contributed by atoms with E-state index in [1.54, 1.807) is 11.8 Å². The number of rotatable bonds is 6. The van der Waals surface area contributed by atoms with Crippen molar-refractivity contribution in [3.05, 3.63) is 29.8 Å². The van der Waals surface area contributed by atoms with Gasteiger partial charge in [-0.1, -0.05) is 42.3 Å². The van der Waals surface area contributed by atoms with Crippen LogP contribution in [0.5, 0.6) is 0 Å². The number of hydrogen-bond donors (Lipinski definition) is 1. The Bertz CT molecular complexity index is 560. The zero-order valence-corrected chi connectivity index (χ0v) is 13.1. The largest absolute Gasteiger partial charge is 0.384 e. The van der Waals surface area contributed by atoms with Crippen LogP contribution in [0.3, 0.4) is 0 Å². The van der Waals surface area contributed by atoms with E-state index in [4.69, 9.17) is 0 Å². The molecule has 0 amide bonds. The van der Waals surface area contributed by atoms with Crippen molar-refractivity contribution in [2.75, 3.05) is 17.6 Å². The molecule has 1 aromatic carbocycles. The quantitative estimate of drug-likeness (QED) is 0.655. The molecule has 5 nitrogen and oxygen atoms in total. The summed E-state index contributed by atoms with van der Waals surface area (Å²) in [6.45, 7) is 3.01. The SMILES string of the molecule is Cc1ccc(NCCSc2nnnn2C2CCCC2)cc1. The monoisotopic (exact) mass is 303 g/mol. The van der Waals surface area contributed by atoms with Gasteiger partial charge in [0.05, 0.1) is 6.04 Å². The van der Waals surface area contributed by atoms with Crippen LogP contribution < -0.4 is 5.32 Å². The minimum atomic E-state index is 0.507. The maximum absolute atomic E-state index is 4.16. The lowest BCUT2D eigenvalue weighted by atomic mass is 10.2. The standard InChI is InChI=1S/C15H21N5S/c1-12-6-8-13(9-7-12)16-10-11-21-15-17-18-19-20(15)14-4-2-3-5-14/h6-9,14,16H,2-5,10-11H2,1H3. The summed E-state index contributed by atoms with van der Waals surface area (Å²) in [5.74, 6) is 0.959. The summed E-state index contributed by atoms with van der Waals surface area (Å²) in [5.41, 5.74) is 2.45. The molecule has 112 valence electrons. The van der Waals surface area contributed by atoms with Crippen molar-refractivity contribution in [1.82, 2.24) is 20.2 Å². The highest BCUT2D eigenvalue weighted by Gasteiger charge is 2.21. The summed E-state index contributed by atoms with van der Waals surface area (Å²) < 4.78 is 2.02. The number of nitrogens with zero attached hydrogens (tertiary/aromatic N) is 4. The fourth-order valence-corrected chi connectivity index (χ4v) is 3.47. The Morgan fingerprint density at radius 2 is 2.00 bits per heavy atom. The molecule has 0 atom stereocenters. The van der Waals surface area contributed by atoms with Gasteiger partial charge >= 0.3 is 0 Å². The molecule has 1 aliphatic carbocycles. The number of nitrogens with one attached hydrogen (secondary N) is 1. The molecule has 0 spiro atoms. The molecule has 21 heavy (non-hydrogen) atoms. The summed E-state index contributed by atoms with van der Waals surface area (Å²) >= 11 is 1.73. The Balaban J connectivity index is 1.47. The number of hydrogen-bond acceptors (Lipinski definition) is 5. The van der Waals surface area contributed by atoms with Gasteiger partial charge in [0.1, 0.15) is 0 Å². The van der Waals surface area contributed by atoms with Gasteiger partial charge in [0, 0.05) is 18.0 Å². The normalized spacial score (nSPS) is 15.5. The average molecular weight is 303 g/mol. The second-order valence-corrected chi connectivity index (χ2v) is 6.55. The summed E-state index contributed by atoms with van der Waals surface area (Å²) in [5, 5.41) is 16.5. The van der Waals surface area contributed by atoms with Gasteiger partial charge in [0.25, 0.3) is 0 Å². The van der Waals surface area contributed by atoms with Gasteiger partial charge in [-0.3, -0.25) is 0 Å². The lowest BCUT2D eigenvalue weighted by molar-refractivity contribution is 0.423. The zero-order valence-electron chi connectivity index (χ0n) is 12.3. The first-order valence-corrected chi connectivity index (χ1v) is 8.53. The van der Waals surface area contributed by atoms with Crippen molar-refractivity contribution in [2.24, 2.45) is 0 Å². The predicted octanol–water partition coefficient (Wildman–Crippen LogP) is 3.30. The Morgan fingerprint density at radius 1 is 1.24 bits per heavy atom. The fourth-order valence-electron chi connectivity index (χ4n) is 2.67. The van der Waals surface area contributed by atoms with Gasteiger partial charge in [0.15, 0.2) is 0 Å². The van der Waals surface area contributed by atoms with Gasteiger partial charge in [-0.15, -0.1) is 5.10 Å². The molecule has 0 aliphatic heterocycles. The van der Waals surface area contributed by atoms with Crippen LogP contribution in [0.4, 0.5) is 5.69 Å². The number of anilines is 1. The Morgan fingerprint density at radius 3 is 2.76 bits per heavy atom. The van der Waals surface area contributed by atoms with Crippen LogP contribution in [-0.2, 0) is 0 Å². The smallest absolute Gasteiger partial charge is 0.209 e. The highest BCUT2D eigenvalue weighted by Crippen LogP contribution is 2.31. The van der Waals surface area contributed by atoms with Crippen LogP contribution in [0.1, 0.15) is 37.3 Å². The summed E-state index contributed by atoms with van der Waals surface area (Å²) in [4.78, 5) is 0. The average Bonchev–Trinajstić information content (AvgIpc) is 3.16. The van der Waals surface area contributed by atoms with E-state index in [1.165, 1.54) is 31.2 Å². The topological polar surface area (TPSA) is 55.6 Å². The van der Waals surface area contributed by atoms with Crippen molar-refractivity contribution in [1.29, 1.82) is 0 Å². The number of tetrazole rings is 1. The van der Waals surface area contributed by atoms with E-state index >= 15 is 0 Å². The number of aryl methyl sites for hydroxylation is 1. The van der Waals surface area contributed by atoms with Gasteiger partial charge in [-0.2, -0.15) is 0 Å². The summed E-state index contributed by atoms with van der Waals surface area (Å²) in [6.07, 6.45) is 5.01. The van der Waals surface area contributed by atoms with E-state index in [0.717, 1.165) is 23.1 Å². The minimum absolute atomic E-state index is 0.507. The van der Waals surface area contributed by atoms with Crippen LogP contribution in [-0.4, -0.2) is 32.5 Å². The molecule has 1 N–H and O–H groups in total. The van der Waals surface area contributed by atoms with Gasteiger partial charge in [-0.05, 0) is 42.3 Å². The molecule has 1 fully saturated rings. The molecule has 0 unspecified atom stereocenters. The van der Waals surface area contributed by atoms with Crippen molar-refractivity contribution >= 4 is 17.4 Å². The Hall–Kier alpha value is -1.56. The molecule has 3 rings (SSSR count). The van der Waals surface area contributed by atoms with Gasteiger partial charge in [-0.25, -0.2) is 4.68 Å². The van der Waals surface area contributed by atoms with Crippen LogP contribution in [0, 0.1) is 6.92 Å². The molecular weight excluding hydrogens is 282 g/mol. The van der Waals surface area contributed by atoms with Crippen molar-refractivity contribution < 1.29 is 0 Å². The molecule has 1 saturated carbocycles. The summed E-state index contributed by atoms with van der Waals surface area (Å²) in [6, 6.07) is 8.98. The molecule has 6 heteroatoms. The van der Waals surface area contributed by atoms with Gasteiger partial charge < -0.3 is 5.32 Å². The first-order chi connectivity index (χ1) is 10.3. The zero-order chi connectivity index (χ0) is 14.5. The maximum atomic E-state index is 4.16. The molecule has 1 aliphatic rings. The maximum Gasteiger partial charge on any atom is 0.209 e. The third-order valence-corrected chi connectivity index (χ3v) is 4.78. The Labute approximate surface area is 129 Å². The van der Waals surface area contributed by atoms with E-state index in [1.807, 2.05) is 4.68 Å². The summed E-state index contributed by atoms with van der Waals surface area (Å²) in [7, 11) is 0. The molecule has 0 bridgehead atoms. The van der Waals surface area contributed by atoms with E-state index < -0.39 is 0 Å². The molecule has 1 aromatic heterocycles. The highest BCUT2D eigenvalue weighted by atomic mass is 32.2. The fraction of sp³-hybridized carbons (Fsp3) is 0.533. The van der Waals surface area contributed by atoms with E-state index in [2.05, 4.69) is 52.0 Å². The van der Waals surface area contributed by atoms with E-state index in [0.29, 0.717) is 6.04 Å². The van der Waals surface area contributed by atoms with Crippen molar-refractivity contribution in [2.45, 2.75) is 43.8 Å². The molecule has 0 saturated heterocycles. The highest BCUT2D eigenvalue weighted by molar-refractivity contribution is 7.99. The first-order valence-electron chi connectivity index (χ1n) is 7.54. The van der Waals surface area contributed by atoms with Crippen LogP contribution >= 0.6 is 11.8 Å². The van der Waals surface area contributed by atoms with Crippen LogP contribution in [0.25, 0.3) is 0 Å². The lowest BCUT2D eigenvalue weighted by Gasteiger charge is -2.11. The third kappa shape index (κ3) is 3.75.